The summed E-state index contributed by atoms with van der Waals surface area (Å²) in [5, 5.41) is 6.33. The van der Waals surface area contributed by atoms with Crippen LogP contribution < -0.4 is 10.6 Å². The second-order valence-corrected chi connectivity index (χ2v) is 8.85. The summed E-state index contributed by atoms with van der Waals surface area (Å²) in [7, 11) is 0. The van der Waals surface area contributed by atoms with Crippen LogP contribution in [-0.2, 0) is 0 Å². The Hall–Kier alpha value is -0.360. The molecule has 1 atom stereocenters. The maximum atomic E-state index is 12.4. The van der Waals surface area contributed by atoms with Crippen LogP contribution in [0.2, 0.25) is 10.0 Å². The number of anilines is 1. The van der Waals surface area contributed by atoms with Crippen LogP contribution in [0.5, 0.6) is 0 Å². The van der Waals surface area contributed by atoms with Crippen molar-refractivity contribution in [3.63, 3.8) is 0 Å². The molecule has 2 aromatic carbocycles. The number of hydrogen-bond donors (Lipinski definition) is 2. The highest BCUT2D eigenvalue weighted by Crippen LogP contribution is 2.34. The minimum atomic E-state index is -1.82. The van der Waals surface area contributed by atoms with Crippen LogP contribution in [-0.4, -0.2) is 15.9 Å². The quantitative estimate of drug-likeness (QED) is 0.390. The molecule has 0 heterocycles. The Labute approximate surface area is 172 Å². The zero-order valence-corrected chi connectivity index (χ0v) is 17.2. The number of alkyl halides is 3. The first kappa shape index (κ1) is 20.0. The second kappa shape index (κ2) is 8.35. The van der Waals surface area contributed by atoms with Crippen molar-refractivity contribution in [2.24, 2.45) is 0 Å². The molecule has 0 spiro atoms. The Bertz CT molecular complexity index is 734. The lowest BCUT2D eigenvalue weighted by Gasteiger charge is -2.28. The van der Waals surface area contributed by atoms with E-state index in [0.717, 1.165) is 4.47 Å². The Morgan fingerprint density at radius 1 is 1.04 bits per heavy atom. The molecule has 0 saturated heterocycles. The van der Waals surface area contributed by atoms with Crippen molar-refractivity contribution in [1.82, 2.24) is 5.32 Å². The molecular weight excluding hydrogens is 481 g/mol. The fourth-order valence-electron chi connectivity index (χ4n) is 1.78. The van der Waals surface area contributed by atoms with Gasteiger partial charge in [-0.2, -0.15) is 0 Å². The maximum Gasteiger partial charge on any atom is 0.252 e. The normalized spacial score (nSPS) is 12.6. The molecule has 24 heavy (non-hydrogen) atoms. The van der Waals surface area contributed by atoms with Gasteiger partial charge in [0.25, 0.3) is 5.91 Å². The number of halogens is 6. The lowest BCUT2D eigenvalue weighted by Crippen LogP contribution is -2.49. The standard InChI is InChI=1S/C15H10BrCl5N2O/c16-9-3-1-8(2-4-9)13(24)23-14(15(19,20)21)22-12-7-10(17)5-6-11(12)18/h1-7,14,22H,(H,23,24)/t14-/m0/s1. The molecule has 1 amide bonds. The molecule has 0 saturated carbocycles. The molecule has 0 aromatic heterocycles. The van der Waals surface area contributed by atoms with Gasteiger partial charge in [0, 0.05) is 15.1 Å². The van der Waals surface area contributed by atoms with Gasteiger partial charge in [0.05, 0.1) is 10.7 Å². The molecule has 2 aromatic rings. The van der Waals surface area contributed by atoms with Crippen molar-refractivity contribution >= 4 is 85.5 Å². The van der Waals surface area contributed by atoms with Crippen molar-refractivity contribution in [3.8, 4) is 0 Å². The summed E-state index contributed by atoms with van der Waals surface area (Å²) in [6.07, 6.45) is -1.03. The van der Waals surface area contributed by atoms with E-state index in [-0.39, 0.29) is 0 Å². The third-order valence-corrected chi connectivity index (χ3v) is 4.69. The van der Waals surface area contributed by atoms with Gasteiger partial charge < -0.3 is 10.6 Å². The first-order valence-electron chi connectivity index (χ1n) is 6.51. The number of amides is 1. The minimum absolute atomic E-state index is 0.372. The number of nitrogens with one attached hydrogen (secondary N) is 2. The highest BCUT2D eigenvalue weighted by molar-refractivity contribution is 9.10. The van der Waals surface area contributed by atoms with E-state index in [4.69, 9.17) is 58.0 Å². The van der Waals surface area contributed by atoms with E-state index >= 15 is 0 Å². The third-order valence-electron chi connectivity index (χ3n) is 2.94. The van der Waals surface area contributed by atoms with Crippen molar-refractivity contribution in [3.05, 3.63) is 62.5 Å². The van der Waals surface area contributed by atoms with Gasteiger partial charge in [-0.3, -0.25) is 4.79 Å². The van der Waals surface area contributed by atoms with Crippen LogP contribution in [0.1, 0.15) is 10.4 Å². The van der Waals surface area contributed by atoms with Crippen molar-refractivity contribution in [2.45, 2.75) is 9.96 Å². The fraction of sp³-hybridized carbons (Fsp3) is 0.133. The molecule has 0 aliphatic rings. The molecular formula is C15H10BrCl5N2O. The van der Waals surface area contributed by atoms with Crippen LogP contribution in [0.25, 0.3) is 0 Å². The van der Waals surface area contributed by atoms with Gasteiger partial charge in [0.1, 0.15) is 6.17 Å². The highest BCUT2D eigenvalue weighted by Gasteiger charge is 2.34. The summed E-state index contributed by atoms with van der Waals surface area (Å²) in [6, 6.07) is 11.5. The molecule has 128 valence electrons. The van der Waals surface area contributed by atoms with Crippen LogP contribution in [0.4, 0.5) is 5.69 Å². The molecule has 3 nitrogen and oxygen atoms in total. The first-order chi connectivity index (χ1) is 11.2. The predicted molar refractivity (Wildman–Crippen MR) is 106 cm³/mol. The molecule has 2 rings (SSSR count). The summed E-state index contributed by atoms with van der Waals surface area (Å²) in [4.78, 5) is 12.4. The van der Waals surface area contributed by atoms with Crippen LogP contribution in [0.3, 0.4) is 0 Å². The predicted octanol–water partition coefficient (Wildman–Crippen LogP) is 6.29. The average molecular weight is 491 g/mol. The molecule has 9 heteroatoms. The molecule has 0 radical (unpaired) electrons. The summed E-state index contributed by atoms with van der Waals surface area (Å²) in [6.45, 7) is 0. The SMILES string of the molecule is O=C(N[C@H](Nc1cc(Cl)ccc1Cl)C(Cl)(Cl)Cl)c1ccc(Br)cc1. The van der Waals surface area contributed by atoms with E-state index in [1.165, 1.54) is 0 Å². The monoisotopic (exact) mass is 488 g/mol. The van der Waals surface area contributed by atoms with E-state index in [1.54, 1.807) is 42.5 Å². The van der Waals surface area contributed by atoms with Crippen LogP contribution >= 0.6 is 73.9 Å². The number of carbonyl (C=O) groups excluding carboxylic acids is 1. The van der Waals surface area contributed by atoms with Crippen molar-refractivity contribution < 1.29 is 4.79 Å². The van der Waals surface area contributed by atoms with Crippen LogP contribution in [0, 0.1) is 0 Å². The Balaban J connectivity index is 2.21. The van der Waals surface area contributed by atoms with E-state index in [9.17, 15) is 4.79 Å². The molecule has 0 aliphatic heterocycles. The van der Waals surface area contributed by atoms with Gasteiger partial charge in [0.15, 0.2) is 0 Å². The second-order valence-electron chi connectivity index (χ2n) is 4.72. The number of rotatable bonds is 4. The summed E-state index contributed by atoms with van der Waals surface area (Å²) < 4.78 is -0.975. The molecule has 2 N–H and O–H groups in total. The van der Waals surface area contributed by atoms with Gasteiger partial charge in [0.2, 0.25) is 3.79 Å². The Kier molecular flexibility index (Phi) is 6.94. The topological polar surface area (TPSA) is 41.1 Å². The molecule has 0 bridgehead atoms. The van der Waals surface area contributed by atoms with Crippen LogP contribution in [0.15, 0.2) is 46.9 Å². The summed E-state index contributed by atoms with van der Waals surface area (Å²) in [5.74, 6) is -0.413. The highest BCUT2D eigenvalue weighted by atomic mass is 79.9. The maximum absolute atomic E-state index is 12.4. The smallest absolute Gasteiger partial charge is 0.252 e. The van der Waals surface area contributed by atoms with E-state index in [0.29, 0.717) is 21.3 Å². The zero-order valence-electron chi connectivity index (χ0n) is 11.8. The van der Waals surface area contributed by atoms with E-state index < -0.39 is 15.9 Å². The number of hydrogen-bond acceptors (Lipinski definition) is 2. The van der Waals surface area contributed by atoms with Gasteiger partial charge >= 0.3 is 0 Å². The lowest BCUT2D eigenvalue weighted by molar-refractivity contribution is 0.0942. The summed E-state index contributed by atoms with van der Waals surface area (Å²) in [5.41, 5.74) is 0.841. The first-order valence-corrected chi connectivity index (χ1v) is 9.20. The number of carbonyl (C=O) groups is 1. The van der Waals surface area contributed by atoms with Gasteiger partial charge in [-0.05, 0) is 42.5 Å². The fourth-order valence-corrected chi connectivity index (χ4v) is 2.71. The molecule has 0 aliphatic carbocycles. The Morgan fingerprint density at radius 2 is 1.67 bits per heavy atom. The lowest BCUT2D eigenvalue weighted by atomic mass is 10.2. The van der Waals surface area contributed by atoms with E-state index in [2.05, 4.69) is 26.6 Å². The van der Waals surface area contributed by atoms with Gasteiger partial charge in [-0.1, -0.05) is 73.9 Å². The Morgan fingerprint density at radius 3 is 2.25 bits per heavy atom. The average Bonchev–Trinajstić information content (AvgIpc) is 2.49. The van der Waals surface area contributed by atoms with Crippen molar-refractivity contribution in [1.29, 1.82) is 0 Å². The molecule has 0 fully saturated rings. The zero-order chi connectivity index (χ0) is 17.9. The van der Waals surface area contributed by atoms with E-state index in [1.807, 2.05) is 0 Å². The van der Waals surface area contributed by atoms with Gasteiger partial charge in [-0.15, -0.1) is 0 Å². The third kappa shape index (κ3) is 5.58. The minimum Gasteiger partial charge on any atom is -0.361 e. The largest absolute Gasteiger partial charge is 0.361 e. The van der Waals surface area contributed by atoms with Gasteiger partial charge in [-0.25, -0.2) is 0 Å². The molecule has 0 unspecified atom stereocenters. The van der Waals surface area contributed by atoms with Crippen molar-refractivity contribution in [2.75, 3.05) is 5.32 Å². The number of benzene rings is 2. The summed E-state index contributed by atoms with van der Waals surface area (Å²) >= 11 is 33.2.